The Bertz CT molecular complexity index is 651. The highest BCUT2D eigenvalue weighted by atomic mass is 19.4. The number of nitrogens with zero attached hydrogens (tertiary/aromatic N) is 3. The van der Waals surface area contributed by atoms with Crippen LogP contribution in [0.5, 0.6) is 0 Å². The molecule has 1 aromatic rings. The lowest BCUT2D eigenvalue weighted by Crippen LogP contribution is -2.41. The molecule has 2 aliphatic heterocycles. The van der Waals surface area contributed by atoms with Gasteiger partial charge in [0.25, 0.3) is 0 Å². The average molecular weight is 397 g/mol. The summed E-state index contributed by atoms with van der Waals surface area (Å²) in [6.07, 6.45) is 0.236. The molecule has 1 aromatic carbocycles. The molecule has 3 rings (SSSR count). The Morgan fingerprint density at radius 1 is 1.11 bits per heavy atom. The quantitative estimate of drug-likeness (QED) is 0.613. The van der Waals surface area contributed by atoms with Gasteiger partial charge in [-0.2, -0.15) is 13.2 Å². The number of hydrogen-bond donors (Lipinski definition) is 1. The normalized spacial score (nSPS) is 24.6. The first-order chi connectivity index (χ1) is 13.4. The third kappa shape index (κ3) is 4.99. The molecule has 0 saturated carbocycles. The van der Waals surface area contributed by atoms with Crippen molar-refractivity contribution in [1.29, 1.82) is 0 Å². The lowest BCUT2D eigenvalue weighted by atomic mass is 9.84. The Kier molecular flexibility index (Phi) is 6.86. The van der Waals surface area contributed by atoms with Gasteiger partial charge >= 0.3 is 6.18 Å². The summed E-state index contributed by atoms with van der Waals surface area (Å²) in [6.45, 7) is 6.64. The van der Waals surface area contributed by atoms with Crippen LogP contribution in [0.3, 0.4) is 0 Å². The molecule has 2 heterocycles. The van der Waals surface area contributed by atoms with Crippen molar-refractivity contribution >= 4 is 5.96 Å². The summed E-state index contributed by atoms with van der Waals surface area (Å²) in [5, 5.41) is 3.39. The second kappa shape index (κ2) is 9.16. The standard InChI is InChI=1S/C21H31F3N4/c1-3-25-20(28-13-4-5-14-28)26-15-17-7-6-12-27(2)19(17)16-8-10-18(11-9-16)21(22,23)24/h8-11,17,19H,3-7,12-15H2,1-2H3,(H,25,26). The van der Waals surface area contributed by atoms with E-state index in [0.29, 0.717) is 12.5 Å². The van der Waals surface area contributed by atoms with Crippen molar-refractivity contribution in [2.75, 3.05) is 39.8 Å². The Morgan fingerprint density at radius 2 is 1.79 bits per heavy atom. The van der Waals surface area contributed by atoms with Crippen LogP contribution in [-0.2, 0) is 6.18 Å². The van der Waals surface area contributed by atoms with Gasteiger partial charge in [-0.3, -0.25) is 9.89 Å². The maximum atomic E-state index is 12.9. The zero-order chi connectivity index (χ0) is 20.1. The predicted molar refractivity (Wildman–Crippen MR) is 106 cm³/mol. The molecule has 28 heavy (non-hydrogen) atoms. The van der Waals surface area contributed by atoms with Gasteiger partial charge in [0.2, 0.25) is 0 Å². The molecule has 0 bridgehead atoms. The SMILES string of the molecule is CCNC(=NCC1CCCN(C)C1c1ccc(C(F)(F)F)cc1)N1CCCC1. The Hall–Kier alpha value is -1.76. The summed E-state index contributed by atoms with van der Waals surface area (Å²) >= 11 is 0. The molecular weight excluding hydrogens is 365 g/mol. The molecule has 0 spiro atoms. The molecule has 2 atom stereocenters. The van der Waals surface area contributed by atoms with Gasteiger partial charge in [0.15, 0.2) is 5.96 Å². The fourth-order valence-corrected chi connectivity index (χ4v) is 4.41. The van der Waals surface area contributed by atoms with E-state index >= 15 is 0 Å². The first-order valence-corrected chi connectivity index (χ1v) is 10.3. The molecule has 0 amide bonds. The van der Waals surface area contributed by atoms with E-state index < -0.39 is 11.7 Å². The fourth-order valence-electron chi connectivity index (χ4n) is 4.41. The smallest absolute Gasteiger partial charge is 0.357 e. The molecule has 0 aliphatic carbocycles. The van der Waals surface area contributed by atoms with Crippen LogP contribution < -0.4 is 5.32 Å². The summed E-state index contributed by atoms with van der Waals surface area (Å²) in [5.74, 6) is 1.27. The molecular formula is C21H31F3N4. The van der Waals surface area contributed by atoms with Gasteiger partial charge in [-0.1, -0.05) is 12.1 Å². The second-order valence-corrected chi connectivity index (χ2v) is 7.84. The first kappa shape index (κ1) is 21.0. The third-order valence-electron chi connectivity index (χ3n) is 5.80. The van der Waals surface area contributed by atoms with Crippen LogP contribution in [0.1, 0.15) is 49.8 Å². The van der Waals surface area contributed by atoms with E-state index in [1.54, 1.807) is 12.1 Å². The highest BCUT2D eigenvalue weighted by molar-refractivity contribution is 5.80. The van der Waals surface area contributed by atoms with Crippen molar-refractivity contribution < 1.29 is 13.2 Å². The van der Waals surface area contributed by atoms with Crippen molar-refractivity contribution in [2.45, 2.75) is 44.8 Å². The van der Waals surface area contributed by atoms with Crippen LogP contribution in [0.25, 0.3) is 0 Å². The van der Waals surface area contributed by atoms with E-state index in [2.05, 4.69) is 29.1 Å². The predicted octanol–water partition coefficient (Wildman–Crippen LogP) is 4.15. The summed E-state index contributed by atoms with van der Waals surface area (Å²) in [5.41, 5.74) is 0.356. The van der Waals surface area contributed by atoms with Gasteiger partial charge in [-0.25, -0.2) is 0 Å². The molecule has 156 valence electrons. The number of likely N-dealkylation sites (tertiary alicyclic amines) is 2. The van der Waals surface area contributed by atoms with Crippen LogP contribution in [0.4, 0.5) is 13.2 Å². The van der Waals surface area contributed by atoms with Crippen LogP contribution in [0.2, 0.25) is 0 Å². The van der Waals surface area contributed by atoms with E-state index in [1.165, 1.54) is 25.0 Å². The molecule has 2 fully saturated rings. The number of hydrogen-bond acceptors (Lipinski definition) is 2. The Morgan fingerprint density at radius 3 is 2.39 bits per heavy atom. The van der Waals surface area contributed by atoms with Crippen molar-refractivity contribution in [3.05, 3.63) is 35.4 Å². The van der Waals surface area contributed by atoms with Crippen LogP contribution >= 0.6 is 0 Å². The van der Waals surface area contributed by atoms with E-state index in [9.17, 15) is 13.2 Å². The van der Waals surface area contributed by atoms with Crippen LogP contribution in [-0.4, -0.2) is 55.5 Å². The molecule has 0 aromatic heterocycles. The van der Waals surface area contributed by atoms with E-state index in [0.717, 1.165) is 50.5 Å². The van der Waals surface area contributed by atoms with E-state index in [-0.39, 0.29) is 6.04 Å². The topological polar surface area (TPSA) is 30.9 Å². The number of aliphatic imine (C=N–C) groups is 1. The highest BCUT2D eigenvalue weighted by Crippen LogP contribution is 2.37. The second-order valence-electron chi connectivity index (χ2n) is 7.84. The van der Waals surface area contributed by atoms with E-state index in [1.807, 2.05) is 0 Å². The van der Waals surface area contributed by atoms with Crippen molar-refractivity contribution in [3.63, 3.8) is 0 Å². The summed E-state index contributed by atoms with van der Waals surface area (Å²) < 4.78 is 38.7. The zero-order valence-corrected chi connectivity index (χ0v) is 16.8. The number of guanidine groups is 1. The maximum Gasteiger partial charge on any atom is 0.416 e. The van der Waals surface area contributed by atoms with Crippen molar-refractivity contribution in [3.8, 4) is 0 Å². The van der Waals surface area contributed by atoms with Gasteiger partial charge in [0.05, 0.1) is 5.56 Å². The number of benzene rings is 1. The number of rotatable bonds is 4. The molecule has 4 nitrogen and oxygen atoms in total. The zero-order valence-electron chi connectivity index (χ0n) is 16.8. The molecule has 2 saturated heterocycles. The van der Waals surface area contributed by atoms with Crippen molar-refractivity contribution in [1.82, 2.24) is 15.1 Å². The monoisotopic (exact) mass is 396 g/mol. The molecule has 2 unspecified atom stereocenters. The lowest BCUT2D eigenvalue weighted by molar-refractivity contribution is -0.137. The summed E-state index contributed by atoms with van der Waals surface area (Å²) in [6, 6.07) is 5.77. The molecule has 0 radical (unpaired) electrons. The fraction of sp³-hybridized carbons (Fsp3) is 0.667. The summed E-state index contributed by atoms with van der Waals surface area (Å²) in [4.78, 5) is 9.48. The highest BCUT2D eigenvalue weighted by Gasteiger charge is 2.33. The Labute approximate surface area is 165 Å². The Balaban J connectivity index is 1.77. The number of alkyl halides is 3. The summed E-state index contributed by atoms with van der Waals surface area (Å²) in [7, 11) is 2.06. The number of nitrogens with one attached hydrogen (secondary N) is 1. The van der Waals surface area contributed by atoms with E-state index in [4.69, 9.17) is 4.99 Å². The van der Waals surface area contributed by atoms with Gasteiger partial charge in [0.1, 0.15) is 0 Å². The lowest BCUT2D eigenvalue weighted by Gasteiger charge is -2.39. The number of piperidine rings is 1. The average Bonchev–Trinajstić information content (AvgIpc) is 3.19. The van der Waals surface area contributed by atoms with Gasteiger partial charge in [-0.15, -0.1) is 0 Å². The molecule has 1 N–H and O–H groups in total. The third-order valence-corrected chi connectivity index (χ3v) is 5.80. The minimum absolute atomic E-state index is 0.0984. The van der Waals surface area contributed by atoms with Gasteiger partial charge in [0, 0.05) is 32.2 Å². The molecule has 2 aliphatic rings. The first-order valence-electron chi connectivity index (χ1n) is 10.3. The van der Waals surface area contributed by atoms with Gasteiger partial charge < -0.3 is 10.2 Å². The number of halogens is 3. The van der Waals surface area contributed by atoms with Gasteiger partial charge in [-0.05, 0) is 69.8 Å². The maximum absolute atomic E-state index is 12.9. The largest absolute Gasteiger partial charge is 0.416 e. The van der Waals surface area contributed by atoms with Crippen LogP contribution in [0, 0.1) is 5.92 Å². The minimum Gasteiger partial charge on any atom is -0.357 e. The minimum atomic E-state index is -4.29. The van der Waals surface area contributed by atoms with Crippen LogP contribution in [0.15, 0.2) is 29.3 Å². The molecule has 7 heteroatoms. The van der Waals surface area contributed by atoms with Crippen molar-refractivity contribution in [2.24, 2.45) is 10.9 Å².